The first-order valence-corrected chi connectivity index (χ1v) is 8.86. The molecule has 0 bridgehead atoms. The Balaban J connectivity index is 2.56. The SMILES string of the molecule is CCCc1c(-c2cccc(F)c2)c(C(N)=O)c(C)n1CCCOCC. The maximum absolute atomic E-state index is 13.8. The van der Waals surface area contributed by atoms with Crippen LogP contribution in [0.1, 0.15) is 48.4 Å². The quantitative estimate of drug-likeness (QED) is 0.696. The Labute approximate surface area is 148 Å². The molecule has 0 aliphatic rings. The number of rotatable bonds is 9. The molecule has 0 aliphatic heterocycles. The summed E-state index contributed by atoms with van der Waals surface area (Å²) in [6.45, 7) is 8.07. The molecule has 1 aromatic heterocycles. The molecule has 0 saturated heterocycles. The smallest absolute Gasteiger partial charge is 0.251 e. The zero-order valence-electron chi connectivity index (χ0n) is 15.3. The predicted octanol–water partition coefficient (Wildman–Crippen LogP) is 4.08. The Morgan fingerprint density at radius 1 is 1.32 bits per heavy atom. The first-order chi connectivity index (χ1) is 12.0. The lowest BCUT2D eigenvalue weighted by Crippen LogP contribution is -2.14. The number of hydrogen-bond acceptors (Lipinski definition) is 2. The van der Waals surface area contributed by atoms with Crippen LogP contribution in [0.25, 0.3) is 11.1 Å². The van der Waals surface area contributed by atoms with Crippen LogP contribution in [0.15, 0.2) is 24.3 Å². The van der Waals surface area contributed by atoms with Crippen molar-refractivity contribution in [2.45, 2.75) is 46.6 Å². The lowest BCUT2D eigenvalue weighted by Gasteiger charge is -2.13. The van der Waals surface area contributed by atoms with Crippen LogP contribution in [0.3, 0.4) is 0 Å². The molecule has 2 aromatic rings. The van der Waals surface area contributed by atoms with E-state index in [0.29, 0.717) is 24.3 Å². The summed E-state index contributed by atoms with van der Waals surface area (Å²) in [6.07, 6.45) is 2.57. The maximum Gasteiger partial charge on any atom is 0.251 e. The average molecular weight is 346 g/mol. The fourth-order valence-electron chi connectivity index (χ4n) is 3.32. The first kappa shape index (κ1) is 19.2. The van der Waals surface area contributed by atoms with Gasteiger partial charge in [0.25, 0.3) is 5.91 Å². The monoisotopic (exact) mass is 346 g/mol. The lowest BCUT2D eigenvalue weighted by molar-refractivity contribution is 0.1000. The van der Waals surface area contributed by atoms with Gasteiger partial charge >= 0.3 is 0 Å². The second kappa shape index (κ2) is 8.81. The minimum absolute atomic E-state index is 0.322. The van der Waals surface area contributed by atoms with Gasteiger partial charge in [-0.25, -0.2) is 4.39 Å². The number of nitrogens with zero attached hydrogens (tertiary/aromatic N) is 1. The van der Waals surface area contributed by atoms with Crippen molar-refractivity contribution in [1.29, 1.82) is 0 Å². The van der Waals surface area contributed by atoms with Crippen molar-refractivity contribution in [1.82, 2.24) is 4.57 Å². The second-order valence-corrected chi connectivity index (χ2v) is 6.11. The molecule has 0 radical (unpaired) electrons. The topological polar surface area (TPSA) is 57.2 Å². The summed E-state index contributed by atoms with van der Waals surface area (Å²) in [5.74, 6) is -0.796. The van der Waals surface area contributed by atoms with Gasteiger partial charge in [-0.3, -0.25) is 4.79 Å². The highest BCUT2D eigenvalue weighted by Gasteiger charge is 2.24. The Morgan fingerprint density at radius 2 is 2.08 bits per heavy atom. The molecule has 1 heterocycles. The number of amides is 1. The Kier molecular flexibility index (Phi) is 6.76. The molecule has 0 unspecified atom stereocenters. The van der Waals surface area contributed by atoms with E-state index in [9.17, 15) is 9.18 Å². The second-order valence-electron chi connectivity index (χ2n) is 6.11. The molecule has 2 rings (SSSR count). The number of ether oxygens (including phenoxy) is 1. The molecule has 4 nitrogen and oxygen atoms in total. The fraction of sp³-hybridized carbons (Fsp3) is 0.450. The van der Waals surface area contributed by atoms with Crippen LogP contribution in [-0.2, 0) is 17.7 Å². The summed E-state index contributed by atoms with van der Waals surface area (Å²) < 4.78 is 21.3. The van der Waals surface area contributed by atoms with Crippen LogP contribution in [-0.4, -0.2) is 23.7 Å². The number of hydrogen-bond donors (Lipinski definition) is 1. The van der Waals surface area contributed by atoms with E-state index in [1.807, 2.05) is 19.9 Å². The highest BCUT2D eigenvalue weighted by Crippen LogP contribution is 2.34. The van der Waals surface area contributed by atoms with Gasteiger partial charge in [0.05, 0.1) is 5.56 Å². The van der Waals surface area contributed by atoms with Crippen molar-refractivity contribution in [2.75, 3.05) is 13.2 Å². The molecule has 136 valence electrons. The molecule has 5 heteroatoms. The zero-order valence-corrected chi connectivity index (χ0v) is 15.3. The Hall–Kier alpha value is -2.14. The van der Waals surface area contributed by atoms with Gasteiger partial charge in [0.15, 0.2) is 0 Å². The molecule has 0 atom stereocenters. The third-order valence-corrected chi connectivity index (χ3v) is 4.35. The molecular weight excluding hydrogens is 319 g/mol. The van der Waals surface area contributed by atoms with Crippen LogP contribution in [0.4, 0.5) is 4.39 Å². The number of carbonyl (C=O) groups is 1. The molecule has 0 fully saturated rings. The molecule has 1 amide bonds. The number of primary amides is 1. The molecule has 0 aliphatic carbocycles. The summed E-state index contributed by atoms with van der Waals surface area (Å²) in [6, 6.07) is 6.35. The van der Waals surface area contributed by atoms with Gasteiger partial charge in [-0.1, -0.05) is 25.5 Å². The number of aromatic nitrogens is 1. The highest BCUT2D eigenvalue weighted by atomic mass is 19.1. The van der Waals surface area contributed by atoms with Crippen molar-refractivity contribution in [3.05, 3.63) is 47.0 Å². The Morgan fingerprint density at radius 3 is 2.68 bits per heavy atom. The van der Waals surface area contributed by atoms with Crippen molar-refractivity contribution in [3.8, 4) is 11.1 Å². The minimum atomic E-state index is -0.474. The van der Waals surface area contributed by atoms with Crippen molar-refractivity contribution in [2.24, 2.45) is 5.73 Å². The zero-order chi connectivity index (χ0) is 18.4. The van der Waals surface area contributed by atoms with Gasteiger partial charge in [0.2, 0.25) is 0 Å². The van der Waals surface area contributed by atoms with E-state index >= 15 is 0 Å². The largest absolute Gasteiger partial charge is 0.382 e. The van der Waals surface area contributed by atoms with Crippen molar-refractivity contribution < 1.29 is 13.9 Å². The van der Waals surface area contributed by atoms with Crippen LogP contribution in [0.2, 0.25) is 0 Å². The van der Waals surface area contributed by atoms with E-state index in [0.717, 1.165) is 42.8 Å². The summed E-state index contributed by atoms with van der Waals surface area (Å²) in [5, 5.41) is 0. The lowest BCUT2D eigenvalue weighted by atomic mass is 9.98. The van der Waals surface area contributed by atoms with E-state index in [4.69, 9.17) is 10.5 Å². The number of carbonyl (C=O) groups excluding carboxylic acids is 1. The van der Waals surface area contributed by atoms with Crippen LogP contribution < -0.4 is 5.73 Å². The molecule has 0 spiro atoms. The molecular formula is C20H27FN2O2. The first-order valence-electron chi connectivity index (χ1n) is 8.86. The molecule has 25 heavy (non-hydrogen) atoms. The van der Waals surface area contributed by atoms with Gasteiger partial charge in [-0.15, -0.1) is 0 Å². The van der Waals surface area contributed by atoms with Gasteiger partial charge in [-0.05, 0) is 44.4 Å². The minimum Gasteiger partial charge on any atom is -0.382 e. The summed E-state index contributed by atoms with van der Waals surface area (Å²) in [7, 11) is 0. The standard InChI is InChI=1S/C20H27FN2O2/c1-4-8-17-19(15-9-6-10-16(21)13-15)18(20(22)24)14(3)23(17)11-7-12-25-5-2/h6,9-10,13H,4-5,7-8,11-12H2,1-3H3,(H2,22,24). The normalized spacial score (nSPS) is 11.0. The summed E-state index contributed by atoms with van der Waals surface area (Å²) >= 11 is 0. The van der Waals surface area contributed by atoms with E-state index in [2.05, 4.69) is 11.5 Å². The van der Waals surface area contributed by atoms with Crippen LogP contribution >= 0.6 is 0 Å². The van der Waals surface area contributed by atoms with Crippen molar-refractivity contribution >= 4 is 5.91 Å². The average Bonchev–Trinajstić information content (AvgIpc) is 2.84. The van der Waals surface area contributed by atoms with Gasteiger partial charge in [-0.2, -0.15) is 0 Å². The van der Waals surface area contributed by atoms with E-state index in [1.165, 1.54) is 12.1 Å². The third-order valence-electron chi connectivity index (χ3n) is 4.35. The summed E-state index contributed by atoms with van der Waals surface area (Å²) in [5.41, 5.74) is 9.51. The highest BCUT2D eigenvalue weighted by molar-refractivity contribution is 6.02. The fourth-order valence-corrected chi connectivity index (χ4v) is 3.32. The third kappa shape index (κ3) is 4.28. The van der Waals surface area contributed by atoms with Crippen LogP contribution in [0, 0.1) is 12.7 Å². The van der Waals surface area contributed by atoms with Crippen molar-refractivity contribution in [3.63, 3.8) is 0 Å². The predicted molar refractivity (Wildman–Crippen MR) is 98.2 cm³/mol. The van der Waals surface area contributed by atoms with E-state index in [-0.39, 0.29) is 5.82 Å². The van der Waals surface area contributed by atoms with Gasteiger partial charge in [0.1, 0.15) is 5.82 Å². The van der Waals surface area contributed by atoms with E-state index < -0.39 is 5.91 Å². The molecule has 0 saturated carbocycles. The number of halogens is 1. The van der Waals surface area contributed by atoms with E-state index in [1.54, 1.807) is 6.07 Å². The molecule has 2 N–H and O–H groups in total. The summed E-state index contributed by atoms with van der Waals surface area (Å²) in [4.78, 5) is 12.1. The van der Waals surface area contributed by atoms with Gasteiger partial charge < -0.3 is 15.0 Å². The number of nitrogens with two attached hydrogens (primary N) is 1. The number of benzene rings is 1. The maximum atomic E-state index is 13.8. The Bertz CT molecular complexity index is 738. The van der Waals surface area contributed by atoms with Gasteiger partial charge in [0, 0.05) is 36.7 Å². The molecule has 1 aromatic carbocycles. The van der Waals surface area contributed by atoms with Crippen LogP contribution in [0.5, 0.6) is 0 Å².